The summed E-state index contributed by atoms with van der Waals surface area (Å²) in [7, 11) is -3.87. The number of amides is 2. The van der Waals surface area contributed by atoms with Gasteiger partial charge in [0.15, 0.2) is 0 Å². The molecule has 1 aromatic carbocycles. The van der Waals surface area contributed by atoms with Crippen LogP contribution in [0, 0.1) is 23.7 Å². The highest BCUT2D eigenvalue weighted by Crippen LogP contribution is 2.55. The molecule has 6 nitrogen and oxygen atoms in total. The molecule has 2 amide bonds. The van der Waals surface area contributed by atoms with Gasteiger partial charge in [0, 0.05) is 25.2 Å². The summed E-state index contributed by atoms with van der Waals surface area (Å²) in [6.45, 7) is 0.893. The van der Waals surface area contributed by atoms with Crippen LogP contribution in [0.3, 0.4) is 0 Å². The molecule has 1 saturated heterocycles. The summed E-state index contributed by atoms with van der Waals surface area (Å²) in [5.41, 5.74) is -0.957. The second-order valence-electron chi connectivity index (χ2n) is 10.6. The van der Waals surface area contributed by atoms with E-state index >= 15 is 0 Å². The maximum absolute atomic E-state index is 12.8. The van der Waals surface area contributed by atoms with E-state index in [2.05, 4.69) is 10.6 Å². The van der Waals surface area contributed by atoms with Crippen LogP contribution in [0.2, 0.25) is 0 Å². The molecule has 4 aliphatic carbocycles. The number of rotatable bonds is 5. The van der Waals surface area contributed by atoms with Gasteiger partial charge in [-0.15, -0.1) is 0 Å². The number of carbonyl (C=O) groups is 1. The molecule has 2 N–H and O–H groups in total. The van der Waals surface area contributed by atoms with Gasteiger partial charge in [-0.05, 0) is 92.9 Å². The van der Waals surface area contributed by atoms with Crippen LogP contribution in [-0.4, -0.2) is 43.9 Å². The van der Waals surface area contributed by atoms with Gasteiger partial charge in [0.1, 0.15) is 0 Å². The number of carbonyl (C=O) groups excluding carboxylic acids is 1. The van der Waals surface area contributed by atoms with Crippen molar-refractivity contribution in [3.05, 3.63) is 29.8 Å². The zero-order chi connectivity index (χ0) is 23.4. The molecule has 4 bridgehead atoms. The third kappa shape index (κ3) is 4.60. The Morgan fingerprint density at radius 3 is 2.15 bits per heavy atom. The molecule has 10 heteroatoms. The van der Waals surface area contributed by atoms with Gasteiger partial charge in [0.25, 0.3) is 0 Å². The lowest BCUT2D eigenvalue weighted by atomic mass is 9.53. The number of sulfonamides is 1. The molecule has 1 aromatic rings. The van der Waals surface area contributed by atoms with Crippen molar-refractivity contribution in [1.82, 2.24) is 14.9 Å². The first kappa shape index (κ1) is 23.0. The summed E-state index contributed by atoms with van der Waals surface area (Å²) < 4.78 is 65.2. The van der Waals surface area contributed by atoms with Gasteiger partial charge in [-0.2, -0.15) is 17.5 Å². The fraction of sp³-hybridized carbons (Fsp3) is 0.696. The maximum Gasteiger partial charge on any atom is 0.416 e. The quantitative estimate of drug-likeness (QED) is 0.662. The van der Waals surface area contributed by atoms with Crippen LogP contribution < -0.4 is 10.6 Å². The fourth-order valence-corrected chi connectivity index (χ4v) is 8.46. The van der Waals surface area contributed by atoms with E-state index in [9.17, 15) is 26.4 Å². The Morgan fingerprint density at radius 1 is 1.03 bits per heavy atom. The molecule has 6 rings (SSSR count). The first-order valence-electron chi connectivity index (χ1n) is 11.8. The highest BCUT2D eigenvalue weighted by Gasteiger charge is 2.51. The van der Waals surface area contributed by atoms with Gasteiger partial charge in [-0.3, -0.25) is 0 Å². The molecule has 1 unspecified atom stereocenters. The number of hydrogen-bond acceptors (Lipinski definition) is 3. The largest absolute Gasteiger partial charge is 0.416 e. The van der Waals surface area contributed by atoms with Crippen molar-refractivity contribution in [2.45, 2.75) is 61.6 Å². The van der Waals surface area contributed by atoms with Gasteiger partial charge < -0.3 is 10.6 Å². The van der Waals surface area contributed by atoms with E-state index in [1.165, 1.54) is 23.6 Å². The molecule has 182 valence electrons. The van der Waals surface area contributed by atoms with Crippen LogP contribution in [0.15, 0.2) is 29.2 Å². The Labute approximate surface area is 192 Å². The Balaban J connectivity index is 1.14. The Kier molecular flexibility index (Phi) is 5.67. The maximum atomic E-state index is 12.8. The van der Waals surface area contributed by atoms with Gasteiger partial charge >= 0.3 is 12.2 Å². The van der Waals surface area contributed by atoms with E-state index < -0.39 is 21.8 Å². The minimum absolute atomic E-state index is 0.0312. The summed E-state index contributed by atoms with van der Waals surface area (Å²) in [4.78, 5) is 12.5. The van der Waals surface area contributed by atoms with Gasteiger partial charge in [0.05, 0.1) is 10.5 Å². The molecule has 0 radical (unpaired) electrons. The van der Waals surface area contributed by atoms with E-state index in [1.807, 2.05) is 0 Å². The standard InChI is InChI=1S/C23H30F3N3O3S/c24-23(25,26)19-1-3-20(4-2-19)33(31,32)29-6-5-15(14-29)13-27-21(30)28-22-10-16-7-17(11-22)9-18(8-16)12-22/h1-4,15-18H,5-14H2,(H2,27,28,30). The summed E-state index contributed by atoms with van der Waals surface area (Å²) in [6, 6.07) is 3.40. The van der Waals surface area contributed by atoms with Crippen molar-refractivity contribution in [2.24, 2.45) is 23.7 Å². The molecule has 5 fully saturated rings. The molecule has 4 saturated carbocycles. The average molecular weight is 486 g/mol. The minimum atomic E-state index is -4.51. The van der Waals surface area contributed by atoms with Crippen LogP contribution >= 0.6 is 0 Å². The molecule has 0 aromatic heterocycles. The summed E-state index contributed by atoms with van der Waals surface area (Å²) in [6.07, 6.45) is 3.18. The van der Waals surface area contributed by atoms with E-state index in [1.54, 1.807) is 0 Å². The summed E-state index contributed by atoms with van der Waals surface area (Å²) in [5, 5.41) is 6.20. The Hall–Kier alpha value is -1.81. The molecule has 1 atom stereocenters. The predicted octanol–water partition coefficient (Wildman–Crippen LogP) is 3.98. The summed E-state index contributed by atoms with van der Waals surface area (Å²) in [5.74, 6) is 2.16. The van der Waals surface area contributed by atoms with Crippen molar-refractivity contribution in [3.8, 4) is 0 Å². The topological polar surface area (TPSA) is 78.5 Å². The summed E-state index contributed by atoms with van der Waals surface area (Å²) >= 11 is 0. The van der Waals surface area contributed by atoms with Crippen LogP contribution in [0.5, 0.6) is 0 Å². The number of urea groups is 1. The number of alkyl halides is 3. The molecule has 0 spiro atoms. The van der Waals surface area contributed by atoms with Gasteiger partial charge in [-0.1, -0.05) is 0 Å². The predicted molar refractivity (Wildman–Crippen MR) is 116 cm³/mol. The van der Waals surface area contributed by atoms with Crippen LogP contribution in [0.25, 0.3) is 0 Å². The van der Waals surface area contributed by atoms with Crippen molar-refractivity contribution in [2.75, 3.05) is 19.6 Å². The lowest BCUT2D eigenvalue weighted by Crippen LogP contribution is -2.61. The monoisotopic (exact) mass is 485 g/mol. The number of halogens is 3. The number of nitrogens with one attached hydrogen (secondary N) is 2. The second-order valence-corrected chi connectivity index (χ2v) is 12.5. The van der Waals surface area contributed by atoms with Crippen molar-refractivity contribution >= 4 is 16.1 Å². The third-order valence-electron chi connectivity index (χ3n) is 8.04. The fourth-order valence-electron chi connectivity index (χ4n) is 6.93. The van der Waals surface area contributed by atoms with Crippen molar-refractivity contribution in [1.29, 1.82) is 0 Å². The van der Waals surface area contributed by atoms with Crippen LogP contribution in [0.1, 0.15) is 50.5 Å². The number of benzene rings is 1. The van der Waals surface area contributed by atoms with E-state index in [0.29, 0.717) is 13.0 Å². The molecule has 33 heavy (non-hydrogen) atoms. The average Bonchev–Trinajstić information content (AvgIpc) is 3.20. The molecule has 5 aliphatic rings. The molecular formula is C23H30F3N3O3S. The van der Waals surface area contributed by atoms with Gasteiger partial charge in [-0.25, -0.2) is 13.2 Å². The first-order valence-corrected chi connectivity index (χ1v) is 13.2. The van der Waals surface area contributed by atoms with Crippen LogP contribution in [-0.2, 0) is 16.2 Å². The SMILES string of the molecule is O=C(NCC1CCN(S(=O)(=O)c2ccc(C(F)(F)F)cc2)C1)NC12CC3CC(CC(C3)C1)C2. The molecule has 1 aliphatic heterocycles. The van der Waals surface area contributed by atoms with E-state index in [4.69, 9.17) is 0 Å². The smallest absolute Gasteiger partial charge is 0.338 e. The highest BCUT2D eigenvalue weighted by atomic mass is 32.2. The lowest BCUT2D eigenvalue weighted by molar-refractivity contribution is -0.137. The number of hydrogen-bond donors (Lipinski definition) is 2. The Bertz CT molecular complexity index is 975. The van der Waals surface area contributed by atoms with Gasteiger partial charge in [0.2, 0.25) is 10.0 Å². The molecular weight excluding hydrogens is 455 g/mol. The third-order valence-corrected chi connectivity index (χ3v) is 9.92. The number of nitrogens with zero attached hydrogens (tertiary/aromatic N) is 1. The van der Waals surface area contributed by atoms with Crippen LogP contribution in [0.4, 0.5) is 18.0 Å². The highest BCUT2D eigenvalue weighted by molar-refractivity contribution is 7.89. The Morgan fingerprint density at radius 2 is 1.61 bits per heavy atom. The van der Waals surface area contributed by atoms with E-state index in [-0.39, 0.29) is 35.5 Å². The van der Waals surface area contributed by atoms with Crippen molar-refractivity contribution < 1.29 is 26.4 Å². The first-order chi connectivity index (χ1) is 15.5. The van der Waals surface area contributed by atoms with Crippen molar-refractivity contribution in [3.63, 3.8) is 0 Å². The zero-order valence-corrected chi connectivity index (χ0v) is 19.2. The normalized spacial score (nSPS) is 33.9. The minimum Gasteiger partial charge on any atom is -0.338 e. The molecule has 1 heterocycles. The second kappa shape index (κ2) is 8.15. The van der Waals surface area contributed by atoms with E-state index in [0.717, 1.165) is 61.3 Å². The lowest BCUT2D eigenvalue weighted by Gasteiger charge is -2.56. The zero-order valence-electron chi connectivity index (χ0n) is 18.4.